The number of nitrogens with one attached hydrogen (secondary N) is 2. The third kappa shape index (κ3) is 6.21. The van der Waals surface area contributed by atoms with Gasteiger partial charge in [-0.1, -0.05) is 52.3 Å². The third-order valence-corrected chi connectivity index (χ3v) is 6.76. The Morgan fingerprint density at radius 2 is 1.74 bits per heavy atom. The van der Waals surface area contributed by atoms with Crippen LogP contribution in [0.5, 0.6) is 11.5 Å². The van der Waals surface area contributed by atoms with Gasteiger partial charge in [0.1, 0.15) is 17.2 Å². The summed E-state index contributed by atoms with van der Waals surface area (Å²) in [7, 11) is 1.56. The molecule has 0 radical (unpaired) electrons. The van der Waals surface area contributed by atoms with Gasteiger partial charge in [-0.2, -0.15) is 18.3 Å². The van der Waals surface area contributed by atoms with Crippen molar-refractivity contribution in [1.82, 2.24) is 10.4 Å². The van der Waals surface area contributed by atoms with E-state index in [0.717, 1.165) is 34.7 Å². The number of ether oxygens (including phenoxy) is 2. The third-order valence-electron chi connectivity index (χ3n) is 6.27. The van der Waals surface area contributed by atoms with Crippen LogP contribution >= 0.6 is 15.9 Å². The predicted molar refractivity (Wildman–Crippen MR) is 156 cm³/mol. The zero-order chi connectivity index (χ0) is 29.9. The van der Waals surface area contributed by atoms with Crippen LogP contribution in [0.3, 0.4) is 0 Å². The zero-order valence-corrected chi connectivity index (χ0v) is 23.4. The number of hydrogen-bond acceptors (Lipinski definition) is 5. The maximum absolute atomic E-state index is 13.3. The van der Waals surface area contributed by atoms with Crippen molar-refractivity contribution in [2.45, 2.75) is 6.18 Å². The van der Waals surface area contributed by atoms with Crippen molar-refractivity contribution < 1.29 is 32.2 Å². The van der Waals surface area contributed by atoms with Gasteiger partial charge in [0.15, 0.2) is 0 Å². The lowest BCUT2D eigenvalue weighted by molar-refractivity contribution is -0.137. The first-order valence-electron chi connectivity index (χ1n) is 12.4. The number of hydrogen-bond donors (Lipinski definition) is 2. The minimum Gasteiger partial charge on any atom is -0.497 e. The minimum absolute atomic E-state index is 0.0290. The van der Waals surface area contributed by atoms with Gasteiger partial charge in [0.05, 0.1) is 24.5 Å². The van der Waals surface area contributed by atoms with E-state index in [0.29, 0.717) is 15.8 Å². The van der Waals surface area contributed by atoms with Gasteiger partial charge < -0.3 is 14.5 Å². The number of carbonyl (C=O) groups is 2. The molecule has 1 aromatic heterocycles. The van der Waals surface area contributed by atoms with Crippen molar-refractivity contribution >= 4 is 44.9 Å². The molecule has 0 saturated heterocycles. The van der Waals surface area contributed by atoms with Crippen LogP contribution in [-0.2, 0) is 6.18 Å². The maximum Gasteiger partial charge on any atom is 0.416 e. The van der Waals surface area contributed by atoms with Crippen molar-refractivity contribution in [3.8, 4) is 22.6 Å². The van der Waals surface area contributed by atoms with Crippen LogP contribution in [0.25, 0.3) is 22.0 Å². The van der Waals surface area contributed by atoms with Gasteiger partial charge in [0.25, 0.3) is 5.91 Å². The van der Waals surface area contributed by atoms with Gasteiger partial charge in [-0.25, -0.2) is 10.2 Å². The topological polar surface area (TPSA) is 92.8 Å². The first-order chi connectivity index (χ1) is 20.1. The van der Waals surface area contributed by atoms with Crippen LogP contribution in [0.15, 0.2) is 101 Å². The second-order valence-electron chi connectivity index (χ2n) is 9.00. The molecule has 2 N–H and O–H groups in total. The maximum atomic E-state index is 13.3. The molecule has 0 aliphatic carbocycles. The number of amides is 1. The van der Waals surface area contributed by atoms with E-state index in [4.69, 9.17) is 9.47 Å². The SMILES string of the molecule is COc1ccc2[nH]c(C(=O)NN=Cc3cc(Br)ccc3OC(=O)c3cccc(C(F)(F)F)c3)c(-c3ccccc3)c2c1. The zero-order valence-electron chi connectivity index (χ0n) is 21.8. The van der Waals surface area contributed by atoms with Crippen molar-refractivity contribution in [2.75, 3.05) is 7.11 Å². The molecule has 42 heavy (non-hydrogen) atoms. The number of hydrazone groups is 1. The van der Waals surface area contributed by atoms with Crippen LogP contribution < -0.4 is 14.9 Å². The Morgan fingerprint density at radius 3 is 2.48 bits per heavy atom. The molecule has 212 valence electrons. The molecular formula is C31H21BrF3N3O4. The number of rotatable bonds is 7. The monoisotopic (exact) mass is 635 g/mol. The molecule has 0 unspecified atom stereocenters. The number of fused-ring (bicyclic) bond motifs is 1. The van der Waals surface area contributed by atoms with E-state index >= 15 is 0 Å². The van der Waals surface area contributed by atoms with Crippen molar-refractivity contribution in [3.05, 3.63) is 118 Å². The Hall–Kier alpha value is -4.90. The predicted octanol–water partition coefficient (Wildman–Crippen LogP) is 7.61. The van der Waals surface area contributed by atoms with Gasteiger partial charge in [-0.05, 0) is 60.2 Å². The Morgan fingerprint density at radius 1 is 0.952 bits per heavy atom. The van der Waals surface area contributed by atoms with Crippen molar-refractivity contribution in [2.24, 2.45) is 5.10 Å². The molecule has 1 heterocycles. The molecule has 0 fully saturated rings. The molecule has 5 rings (SSSR count). The smallest absolute Gasteiger partial charge is 0.416 e. The fraction of sp³-hybridized carbons (Fsp3) is 0.0645. The molecule has 0 aliphatic heterocycles. The van der Waals surface area contributed by atoms with Crippen LogP contribution in [0, 0.1) is 0 Å². The lowest BCUT2D eigenvalue weighted by atomic mass is 10.0. The lowest BCUT2D eigenvalue weighted by Crippen LogP contribution is -2.19. The Kier molecular flexibility index (Phi) is 8.12. The number of nitrogens with zero attached hydrogens (tertiary/aromatic N) is 1. The van der Waals surface area contributed by atoms with E-state index < -0.39 is 23.6 Å². The summed E-state index contributed by atoms with van der Waals surface area (Å²) >= 11 is 3.33. The average molecular weight is 636 g/mol. The number of benzene rings is 4. The summed E-state index contributed by atoms with van der Waals surface area (Å²) in [5.74, 6) is -0.854. The van der Waals surface area contributed by atoms with Gasteiger partial charge in [-0.3, -0.25) is 4.79 Å². The highest BCUT2D eigenvalue weighted by molar-refractivity contribution is 9.10. The number of methoxy groups -OCH3 is 1. The number of aromatic nitrogens is 1. The number of aromatic amines is 1. The van der Waals surface area contributed by atoms with Gasteiger partial charge in [0, 0.05) is 26.5 Å². The fourth-order valence-corrected chi connectivity index (χ4v) is 4.66. The van der Waals surface area contributed by atoms with Gasteiger partial charge >= 0.3 is 12.1 Å². The molecule has 5 aromatic rings. The molecule has 0 saturated carbocycles. The quantitative estimate of drug-likeness (QED) is 0.0833. The summed E-state index contributed by atoms with van der Waals surface area (Å²) in [5, 5.41) is 4.84. The largest absolute Gasteiger partial charge is 0.497 e. The van der Waals surface area contributed by atoms with Crippen molar-refractivity contribution in [1.29, 1.82) is 0 Å². The van der Waals surface area contributed by atoms with Crippen LogP contribution in [0.4, 0.5) is 13.2 Å². The number of esters is 1. The fourth-order valence-electron chi connectivity index (χ4n) is 4.28. The Balaban J connectivity index is 1.40. The number of carbonyl (C=O) groups excluding carboxylic acids is 2. The highest BCUT2D eigenvalue weighted by Crippen LogP contribution is 2.35. The first kappa shape index (κ1) is 28.6. The summed E-state index contributed by atoms with van der Waals surface area (Å²) in [6, 6.07) is 23.4. The molecule has 11 heteroatoms. The molecule has 7 nitrogen and oxygen atoms in total. The Labute approximate surface area is 246 Å². The van der Waals surface area contributed by atoms with E-state index in [2.05, 4.69) is 31.4 Å². The molecule has 0 bridgehead atoms. The standard InChI is InChI=1S/C31H21BrF3N3O4/c1-41-23-11-12-25-24(16-23)27(18-6-3-2-4-7-18)28(37-25)29(39)38-36-17-20-15-22(32)10-13-26(20)42-30(40)19-8-5-9-21(14-19)31(33,34)35/h2-17,37H,1H3,(H,38,39). The summed E-state index contributed by atoms with van der Waals surface area (Å²) in [5.41, 5.74) is 4.00. The van der Waals surface area contributed by atoms with Crippen LogP contribution in [0.2, 0.25) is 0 Å². The number of halogens is 4. The molecule has 0 atom stereocenters. The molecular weight excluding hydrogens is 615 g/mol. The summed E-state index contributed by atoms with van der Waals surface area (Å²) in [4.78, 5) is 29.1. The van der Waals surface area contributed by atoms with Crippen LogP contribution in [0.1, 0.15) is 32.0 Å². The van der Waals surface area contributed by atoms with Gasteiger partial charge in [0.2, 0.25) is 0 Å². The average Bonchev–Trinajstić information content (AvgIpc) is 3.37. The van der Waals surface area contributed by atoms with E-state index in [-0.39, 0.29) is 22.6 Å². The van der Waals surface area contributed by atoms with Crippen molar-refractivity contribution in [3.63, 3.8) is 0 Å². The van der Waals surface area contributed by atoms with E-state index in [1.807, 2.05) is 42.5 Å². The summed E-state index contributed by atoms with van der Waals surface area (Å²) in [6.45, 7) is 0. The molecule has 0 aliphatic rings. The summed E-state index contributed by atoms with van der Waals surface area (Å²) in [6.07, 6.45) is -3.34. The number of H-pyrrole nitrogens is 1. The van der Waals surface area contributed by atoms with E-state index in [1.165, 1.54) is 18.3 Å². The van der Waals surface area contributed by atoms with E-state index in [9.17, 15) is 22.8 Å². The second kappa shape index (κ2) is 11.9. The normalized spacial score (nSPS) is 11.5. The Bertz CT molecular complexity index is 1820. The molecule has 4 aromatic carbocycles. The van der Waals surface area contributed by atoms with Crippen LogP contribution in [-0.4, -0.2) is 30.2 Å². The highest BCUT2D eigenvalue weighted by atomic mass is 79.9. The second-order valence-corrected chi connectivity index (χ2v) is 9.92. The minimum atomic E-state index is -4.61. The van der Waals surface area contributed by atoms with Gasteiger partial charge in [-0.15, -0.1) is 0 Å². The summed E-state index contributed by atoms with van der Waals surface area (Å²) < 4.78 is 50.6. The lowest BCUT2D eigenvalue weighted by Gasteiger charge is -2.10. The van der Waals surface area contributed by atoms with E-state index in [1.54, 1.807) is 25.3 Å². The molecule has 0 spiro atoms. The highest BCUT2D eigenvalue weighted by Gasteiger charge is 2.31. The first-order valence-corrected chi connectivity index (χ1v) is 13.2. The number of alkyl halides is 3. The molecule has 1 amide bonds.